The summed E-state index contributed by atoms with van der Waals surface area (Å²) in [5.74, 6) is -2.03. The summed E-state index contributed by atoms with van der Waals surface area (Å²) < 4.78 is 53.3. The standard InChI is InChI=1S/C18H18F2N2O3S2/c1-13-2-4-15(26-13)5-7-18(23)21-8-10-22(11-9-21)27(24,25)17-12-14(19)3-6-16(17)20/h2-7,12H,8-11H2,1H3/b7-5+. The molecule has 0 bridgehead atoms. The highest BCUT2D eigenvalue weighted by Gasteiger charge is 2.31. The minimum Gasteiger partial charge on any atom is -0.337 e. The molecule has 1 aliphatic heterocycles. The largest absolute Gasteiger partial charge is 0.337 e. The van der Waals surface area contributed by atoms with Crippen molar-refractivity contribution in [1.29, 1.82) is 0 Å². The second kappa shape index (κ2) is 7.87. The number of carbonyl (C=O) groups excluding carboxylic acids is 1. The molecule has 1 aromatic heterocycles. The minimum absolute atomic E-state index is 0.0238. The quantitative estimate of drug-likeness (QED) is 0.726. The number of aryl methyl sites for hydroxylation is 1. The number of thiophene rings is 1. The number of nitrogens with zero attached hydrogens (tertiary/aromatic N) is 2. The number of hydrogen-bond acceptors (Lipinski definition) is 4. The maximum absolute atomic E-state index is 13.8. The molecule has 1 amide bonds. The van der Waals surface area contributed by atoms with Gasteiger partial charge in [-0.05, 0) is 43.3 Å². The average molecular weight is 412 g/mol. The number of hydrogen-bond donors (Lipinski definition) is 0. The van der Waals surface area contributed by atoms with E-state index in [9.17, 15) is 22.0 Å². The van der Waals surface area contributed by atoms with E-state index in [4.69, 9.17) is 0 Å². The predicted octanol–water partition coefficient (Wildman–Crippen LogP) is 2.88. The molecule has 2 aromatic rings. The molecule has 0 radical (unpaired) electrons. The van der Waals surface area contributed by atoms with E-state index >= 15 is 0 Å². The van der Waals surface area contributed by atoms with Crippen LogP contribution in [0.25, 0.3) is 6.08 Å². The third-order valence-electron chi connectivity index (χ3n) is 4.21. The van der Waals surface area contributed by atoms with E-state index < -0.39 is 26.6 Å². The molecule has 0 N–H and O–H groups in total. The van der Waals surface area contributed by atoms with Gasteiger partial charge in [-0.25, -0.2) is 17.2 Å². The van der Waals surface area contributed by atoms with Crippen molar-refractivity contribution in [1.82, 2.24) is 9.21 Å². The molecular formula is C18H18F2N2O3S2. The molecule has 0 unspecified atom stereocenters. The normalized spacial score (nSPS) is 16.2. The van der Waals surface area contributed by atoms with Crippen molar-refractivity contribution in [2.24, 2.45) is 0 Å². The molecule has 0 saturated carbocycles. The smallest absolute Gasteiger partial charge is 0.246 e. The number of sulfonamides is 1. The molecule has 27 heavy (non-hydrogen) atoms. The van der Waals surface area contributed by atoms with Gasteiger partial charge in [0.05, 0.1) is 0 Å². The maximum atomic E-state index is 13.8. The van der Waals surface area contributed by atoms with Gasteiger partial charge in [0, 0.05) is 42.0 Å². The number of amides is 1. The molecule has 3 rings (SSSR count). The summed E-state index contributed by atoms with van der Waals surface area (Å²) in [6, 6.07) is 6.21. The highest BCUT2D eigenvalue weighted by molar-refractivity contribution is 7.89. The zero-order valence-corrected chi connectivity index (χ0v) is 16.2. The van der Waals surface area contributed by atoms with Gasteiger partial charge in [0.15, 0.2) is 0 Å². The lowest BCUT2D eigenvalue weighted by Crippen LogP contribution is -2.50. The zero-order valence-electron chi connectivity index (χ0n) is 14.6. The molecule has 1 saturated heterocycles. The first kappa shape index (κ1) is 19.7. The van der Waals surface area contributed by atoms with Crippen molar-refractivity contribution < 1.29 is 22.0 Å². The Morgan fingerprint density at radius 2 is 1.81 bits per heavy atom. The second-order valence-corrected chi connectivity index (χ2v) is 9.31. The van der Waals surface area contributed by atoms with Crippen LogP contribution in [0.4, 0.5) is 8.78 Å². The van der Waals surface area contributed by atoms with Gasteiger partial charge in [-0.2, -0.15) is 4.31 Å². The van der Waals surface area contributed by atoms with Crippen molar-refractivity contribution in [3.05, 3.63) is 57.8 Å². The molecule has 0 aliphatic carbocycles. The second-order valence-electron chi connectivity index (χ2n) is 6.09. The molecule has 5 nitrogen and oxygen atoms in total. The SMILES string of the molecule is Cc1ccc(/C=C/C(=O)N2CCN(S(=O)(=O)c3cc(F)ccc3F)CC2)s1. The maximum Gasteiger partial charge on any atom is 0.246 e. The van der Waals surface area contributed by atoms with Crippen molar-refractivity contribution in [2.45, 2.75) is 11.8 Å². The molecule has 0 atom stereocenters. The fourth-order valence-corrected chi connectivity index (χ4v) is 5.04. The molecule has 2 heterocycles. The van der Waals surface area contributed by atoms with Gasteiger partial charge in [-0.1, -0.05) is 0 Å². The van der Waals surface area contributed by atoms with Crippen LogP contribution in [0.5, 0.6) is 0 Å². The van der Waals surface area contributed by atoms with Gasteiger partial charge in [0.2, 0.25) is 15.9 Å². The van der Waals surface area contributed by atoms with Gasteiger partial charge >= 0.3 is 0 Å². The summed E-state index contributed by atoms with van der Waals surface area (Å²) in [6.07, 6.45) is 3.19. The summed E-state index contributed by atoms with van der Waals surface area (Å²) in [4.78, 5) is 15.2. The van der Waals surface area contributed by atoms with E-state index in [2.05, 4.69) is 0 Å². The summed E-state index contributed by atoms with van der Waals surface area (Å²) >= 11 is 1.57. The fourth-order valence-electron chi connectivity index (χ4n) is 2.76. The number of benzene rings is 1. The Hall–Kier alpha value is -2.10. The summed E-state index contributed by atoms with van der Waals surface area (Å²) in [5, 5.41) is 0. The fraction of sp³-hybridized carbons (Fsp3) is 0.278. The van der Waals surface area contributed by atoms with Crippen molar-refractivity contribution in [3.8, 4) is 0 Å². The Morgan fingerprint density at radius 3 is 2.44 bits per heavy atom. The monoisotopic (exact) mass is 412 g/mol. The van der Waals surface area contributed by atoms with Crippen LogP contribution >= 0.6 is 11.3 Å². The molecule has 1 aromatic carbocycles. The Bertz CT molecular complexity index is 978. The minimum atomic E-state index is -4.15. The van der Waals surface area contributed by atoms with E-state index in [0.29, 0.717) is 6.07 Å². The highest BCUT2D eigenvalue weighted by Crippen LogP contribution is 2.22. The van der Waals surface area contributed by atoms with E-state index in [1.54, 1.807) is 17.4 Å². The highest BCUT2D eigenvalue weighted by atomic mass is 32.2. The molecule has 9 heteroatoms. The number of piperazine rings is 1. The van der Waals surface area contributed by atoms with E-state index in [-0.39, 0.29) is 32.1 Å². The summed E-state index contributed by atoms with van der Waals surface area (Å²) in [6.45, 7) is 2.39. The number of carbonyl (C=O) groups is 1. The molecule has 1 fully saturated rings. The van der Waals surface area contributed by atoms with Crippen LogP contribution < -0.4 is 0 Å². The lowest BCUT2D eigenvalue weighted by atomic mass is 10.3. The van der Waals surface area contributed by atoms with E-state index in [1.165, 1.54) is 11.0 Å². The van der Waals surface area contributed by atoms with Gasteiger partial charge < -0.3 is 4.90 Å². The van der Waals surface area contributed by atoms with Crippen LogP contribution in [-0.4, -0.2) is 49.7 Å². The van der Waals surface area contributed by atoms with E-state index in [1.807, 2.05) is 19.1 Å². The Kier molecular flexibility index (Phi) is 5.73. The van der Waals surface area contributed by atoms with Crippen LogP contribution in [0, 0.1) is 18.6 Å². The first-order valence-corrected chi connectivity index (χ1v) is 10.5. The summed E-state index contributed by atoms with van der Waals surface area (Å²) in [5.41, 5.74) is 0. The molecule has 0 spiro atoms. The molecular weight excluding hydrogens is 394 g/mol. The third kappa shape index (κ3) is 4.42. The van der Waals surface area contributed by atoms with Crippen molar-refractivity contribution in [3.63, 3.8) is 0 Å². The van der Waals surface area contributed by atoms with Crippen LogP contribution in [0.3, 0.4) is 0 Å². The summed E-state index contributed by atoms with van der Waals surface area (Å²) in [7, 11) is -4.15. The number of halogens is 2. The van der Waals surface area contributed by atoms with Crippen molar-refractivity contribution in [2.75, 3.05) is 26.2 Å². The average Bonchev–Trinajstić information content (AvgIpc) is 3.07. The number of rotatable bonds is 4. The Morgan fingerprint density at radius 1 is 1.11 bits per heavy atom. The van der Waals surface area contributed by atoms with Gasteiger partial charge in [-0.3, -0.25) is 4.79 Å². The Balaban J connectivity index is 1.65. The van der Waals surface area contributed by atoms with Crippen LogP contribution in [-0.2, 0) is 14.8 Å². The third-order valence-corrected chi connectivity index (χ3v) is 7.09. The molecule has 1 aliphatic rings. The van der Waals surface area contributed by atoms with Gasteiger partial charge in [-0.15, -0.1) is 11.3 Å². The van der Waals surface area contributed by atoms with Crippen LogP contribution in [0.15, 0.2) is 41.3 Å². The van der Waals surface area contributed by atoms with Crippen LogP contribution in [0.2, 0.25) is 0 Å². The van der Waals surface area contributed by atoms with Crippen LogP contribution in [0.1, 0.15) is 9.75 Å². The first-order chi connectivity index (χ1) is 12.8. The van der Waals surface area contributed by atoms with E-state index in [0.717, 1.165) is 26.2 Å². The molecule has 144 valence electrons. The van der Waals surface area contributed by atoms with Crippen molar-refractivity contribution >= 4 is 33.3 Å². The Labute approximate surface area is 160 Å². The predicted molar refractivity (Wildman–Crippen MR) is 99.8 cm³/mol. The lowest BCUT2D eigenvalue weighted by Gasteiger charge is -2.33. The van der Waals surface area contributed by atoms with Gasteiger partial charge in [0.1, 0.15) is 16.5 Å². The topological polar surface area (TPSA) is 57.7 Å². The first-order valence-electron chi connectivity index (χ1n) is 8.26. The lowest BCUT2D eigenvalue weighted by molar-refractivity contribution is -0.127. The van der Waals surface area contributed by atoms with Gasteiger partial charge in [0.25, 0.3) is 0 Å². The zero-order chi connectivity index (χ0) is 19.6.